The zero-order valence-corrected chi connectivity index (χ0v) is 21.0. The number of allylic oxidation sites excluding steroid dienone is 4. The normalized spacial score (nSPS) is 23.6. The van der Waals surface area contributed by atoms with Gasteiger partial charge in [0.25, 0.3) is 5.91 Å². The van der Waals surface area contributed by atoms with Gasteiger partial charge in [0.05, 0.1) is 22.6 Å². The van der Waals surface area contributed by atoms with Crippen LogP contribution in [0.5, 0.6) is 0 Å². The number of aromatic nitrogens is 1. The van der Waals surface area contributed by atoms with Gasteiger partial charge in [-0.05, 0) is 88.8 Å². The molecule has 1 aromatic rings. The van der Waals surface area contributed by atoms with Crippen LogP contribution in [0, 0.1) is 16.7 Å². The van der Waals surface area contributed by atoms with Gasteiger partial charge in [0.2, 0.25) is 0 Å². The molecule has 4 aliphatic rings. The number of hydrogen-bond donors (Lipinski definition) is 2. The lowest BCUT2D eigenvalue weighted by Gasteiger charge is -2.43. The molecule has 2 aliphatic heterocycles. The van der Waals surface area contributed by atoms with E-state index >= 15 is 0 Å². The van der Waals surface area contributed by atoms with Crippen LogP contribution in [0.3, 0.4) is 0 Å². The highest BCUT2D eigenvalue weighted by atomic mass is 35.5. The third kappa shape index (κ3) is 4.05. The molecule has 2 N–H and O–H groups in total. The Labute approximate surface area is 215 Å². The number of amides is 1. The van der Waals surface area contributed by atoms with Gasteiger partial charge in [0, 0.05) is 23.5 Å². The fourth-order valence-corrected chi connectivity index (χ4v) is 5.70. The Balaban J connectivity index is 1.38. The van der Waals surface area contributed by atoms with Gasteiger partial charge in [-0.3, -0.25) is 9.69 Å². The van der Waals surface area contributed by atoms with E-state index in [0.717, 1.165) is 43.6 Å². The van der Waals surface area contributed by atoms with Crippen molar-refractivity contribution in [2.45, 2.75) is 43.7 Å². The van der Waals surface area contributed by atoms with Crippen LogP contribution in [-0.2, 0) is 4.79 Å². The summed E-state index contributed by atoms with van der Waals surface area (Å²) in [6.07, 6.45) is 13.4. The van der Waals surface area contributed by atoms with Crippen molar-refractivity contribution in [2.24, 2.45) is 0 Å². The maximum atomic E-state index is 13.6. The van der Waals surface area contributed by atoms with Gasteiger partial charge in [0.1, 0.15) is 11.6 Å². The minimum Gasteiger partial charge on any atom is -0.388 e. The summed E-state index contributed by atoms with van der Waals surface area (Å²) in [7, 11) is 2.14. The number of halogens is 1. The molecule has 1 aromatic heterocycles. The van der Waals surface area contributed by atoms with Crippen LogP contribution in [0.25, 0.3) is 0 Å². The molecular weight excluding hydrogens is 482 g/mol. The van der Waals surface area contributed by atoms with E-state index in [-0.39, 0.29) is 16.6 Å². The van der Waals surface area contributed by atoms with Crippen molar-refractivity contribution >= 4 is 46.2 Å². The molecule has 0 bridgehead atoms. The molecule has 0 atom stereocenters. The fourth-order valence-electron chi connectivity index (χ4n) is 5.03. The molecule has 180 valence electrons. The number of nitrogens with one attached hydrogen (secondary N) is 2. The SMILES string of the molecule is CN1CCC(N/C=C2/C=CC(N3C(=S)N(c4cnc(C#N)c(Cl)c4)C(=O)C34CCC4)=CC2=N)CC1. The van der Waals surface area contributed by atoms with Crippen molar-refractivity contribution in [1.82, 2.24) is 20.1 Å². The standard InChI is InChI=1S/C25H26ClN7OS/c1-31-9-5-17(6-10-31)29-14-16-3-4-18(12-21(16)28)33-24(35)32(23(34)25(33)7-2-8-25)19-11-20(26)22(13-27)30-15-19/h3-4,11-12,14-15,17,28-29H,2,5-10H2,1H3/b16-14-,28-21?. The molecule has 2 aliphatic carbocycles. The third-order valence-electron chi connectivity index (χ3n) is 7.27. The second-order valence-electron chi connectivity index (χ2n) is 9.44. The van der Waals surface area contributed by atoms with Crippen molar-refractivity contribution in [3.8, 4) is 6.07 Å². The number of anilines is 1. The minimum absolute atomic E-state index is 0.0998. The summed E-state index contributed by atoms with van der Waals surface area (Å²) in [6.45, 7) is 2.13. The van der Waals surface area contributed by atoms with Gasteiger partial charge in [-0.1, -0.05) is 11.6 Å². The second kappa shape index (κ2) is 9.19. The molecule has 1 spiro atoms. The second-order valence-corrected chi connectivity index (χ2v) is 10.2. The van der Waals surface area contributed by atoms with Crippen LogP contribution in [-0.4, -0.2) is 63.2 Å². The average Bonchev–Trinajstić information content (AvgIpc) is 3.06. The number of carbonyl (C=O) groups is 1. The van der Waals surface area contributed by atoms with Gasteiger partial charge in [-0.2, -0.15) is 5.26 Å². The van der Waals surface area contributed by atoms with Gasteiger partial charge < -0.3 is 20.5 Å². The molecule has 8 nitrogen and oxygen atoms in total. The maximum absolute atomic E-state index is 13.6. The summed E-state index contributed by atoms with van der Waals surface area (Å²) in [5, 5.41) is 21.7. The molecule has 2 saturated heterocycles. The van der Waals surface area contributed by atoms with Crippen molar-refractivity contribution in [3.63, 3.8) is 0 Å². The quantitative estimate of drug-likeness (QED) is 0.601. The average molecular weight is 508 g/mol. The van der Waals surface area contributed by atoms with Crippen LogP contribution in [0.2, 0.25) is 5.02 Å². The number of nitrogens with zero attached hydrogens (tertiary/aromatic N) is 5. The largest absolute Gasteiger partial charge is 0.388 e. The predicted molar refractivity (Wildman–Crippen MR) is 139 cm³/mol. The Kier molecular flexibility index (Phi) is 6.21. The first-order valence-corrected chi connectivity index (χ1v) is 12.5. The zero-order chi connectivity index (χ0) is 24.7. The van der Waals surface area contributed by atoms with Crippen molar-refractivity contribution in [2.75, 3.05) is 25.0 Å². The molecule has 5 rings (SSSR count). The van der Waals surface area contributed by atoms with E-state index in [1.807, 2.05) is 29.3 Å². The summed E-state index contributed by atoms with van der Waals surface area (Å²) >= 11 is 12.0. The Morgan fingerprint density at radius 1 is 1.34 bits per heavy atom. The monoisotopic (exact) mass is 507 g/mol. The highest BCUT2D eigenvalue weighted by molar-refractivity contribution is 7.80. The molecular formula is C25H26ClN7OS. The summed E-state index contributed by atoms with van der Waals surface area (Å²) < 4.78 is 0. The number of nitriles is 1. The summed E-state index contributed by atoms with van der Waals surface area (Å²) in [5.74, 6) is -0.123. The van der Waals surface area contributed by atoms with Crippen LogP contribution in [0.1, 0.15) is 37.8 Å². The number of rotatable bonds is 4. The third-order valence-corrected chi connectivity index (χ3v) is 7.92. The van der Waals surface area contributed by atoms with Gasteiger partial charge in [0.15, 0.2) is 10.8 Å². The first-order chi connectivity index (χ1) is 16.8. The molecule has 0 unspecified atom stereocenters. The lowest BCUT2D eigenvalue weighted by molar-refractivity contribution is -0.128. The molecule has 3 heterocycles. The highest BCUT2D eigenvalue weighted by Gasteiger charge is 2.60. The van der Waals surface area contributed by atoms with E-state index in [1.165, 1.54) is 11.1 Å². The zero-order valence-electron chi connectivity index (χ0n) is 19.4. The van der Waals surface area contributed by atoms with E-state index in [4.69, 9.17) is 34.5 Å². The van der Waals surface area contributed by atoms with E-state index in [9.17, 15) is 4.79 Å². The summed E-state index contributed by atoms with van der Waals surface area (Å²) in [6, 6.07) is 3.89. The van der Waals surface area contributed by atoms with Crippen molar-refractivity contribution in [1.29, 1.82) is 10.7 Å². The molecule has 1 saturated carbocycles. The van der Waals surface area contributed by atoms with Crippen LogP contribution < -0.4 is 10.2 Å². The van der Waals surface area contributed by atoms with Crippen LogP contribution >= 0.6 is 23.8 Å². The first kappa shape index (κ1) is 23.7. The number of thiocarbonyl (C=S) groups is 1. The molecule has 3 fully saturated rings. The lowest BCUT2D eigenvalue weighted by atomic mass is 9.75. The van der Waals surface area contributed by atoms with Gasteiger partial charge in [-0.25, -0.2) is 4.98 Å². The Morgan fingerprint density at radius 2 is 2.09 bits per heavy atom. The van der Waals surface area contributed by atoms with E-state index in [2.05, 4.69) is 22.2 Å². The van der Waals surface area contributed by atoms with Crippen molar-refractivity contribution in [3.05, 3.63) is 58.7 Å². The summed E-state index contributed by atoms with van der Waals surface area (Å²) in [4.78, 5) is 23.4. The topological polar surface area (TPSA) is 99.3 Å². The Bertz CT molecular complexity index is 1230. The minimum atomic E-state index is -0.762. The molecule has 10 heteroatoms. The number of piperidine rings is 1. The van der Waals surface area contributed by atoms with E-state index < -0.39 is 5.54 Å². The fraction of sp³-hybridized carbons (Fsp3) is 0.400. The van der Waals surface area contributed by atoms with Gasteiger partial charge in [-0.15, -0.1) is 0 Å². The number of pyridine rings is 1. The highest BCUT2D eigenvalue weighted by Crippen LogP contribution is 2.48. The Morgan fingerprint density at radius 3 is 2.69 bits per heavy atom. The van der Waals surface area contributed by atoms with E-state index in [1.54, 1.807) is 12.1 Å². The van der Waals surface area contributed by atoms with Crippen LogP contribution in [0.4, 0.5) is 5.69 Å². The number of carbonyl (C=O) groups excluding carboxylic acids is 1. The van der Waals surface area contributed by atoms with Crippen LogP contribution in [0.15, 0.2) is 48.0 Å². The number of hydrogen-bond acceptors (Lipinski definition) is 7. The molecule has 1 amide bonds. The molecule has 35 heavy (non-hydrogen) atoms. The maximum Gasteiger partial charge on any atom is 0.259 e. The summed E-state index contributed by atoms with van der Waals surface area (Å²) in [5.41, 5.74) is 1.67. The molecule has 0 aromatic carbocycles. The molecule has 0 radical (unpaired) electrons. The van der Waals surface area contributed by atoms with Crippen molar-refractivity contribution < 1.29 is 4.79 Å². The Hall–Kier alpha value is -3.06. The number of likely N-dealkylation sites (tertiary alicyclic amines) is 1. The predicted octanol–water partition coefficient (Wildman–Crippen LogP) is 3.50. The van der Waals surface area contributed by atoms with E-state index in [0.29, 0.717) is 35.4 Å². The smallest absolute Gasteiger partial charge is 0.259 e. The lowest BCUT2D eigenvalue weighted by Crippen LogP contribution is -2.54. The first-order valence-electron chi connectivity index (χ1n) is 11.7. The van der Waals surface area contributed by atoms with Gasteiger partial charge >= 0.3 is 0 Å².